The summed E-state index contributed by atoms with van der Waals surface area (Å²) in [6.07, 6.45) is -1.34. The summed E-state index contributed by atoms with van der Waals surface area (Å²) in [6, 6.07) is 13.4. The van der Waals surface area contributed by atoms with Crippen molar-refractivity contribution in [3.63, 3.8) is 0 Å². The Hall–Kier alpha value is -3.70. The first kappa shape index (κ1) is 22.0. The Labute approximate surface area is 178 Å². The van der Waals surface area contributed by atoms with Crippen molar-refractivity contribution in [1.82, 2.24) is 5.16 Å². The Bertz CT molecular complexity index is 1210. The predicted octanol–water partition coefficient (Wildman–Crippen LogP) is 2.18. The van der Waals surface area contributed by atoms with Crippen LogP contribution in [0.15, 0.2) is 64.0 Å². The largest absolute Gasteiger partial charge is 0.495 e. The molecule has 3 aromatic rings. The molecule has 10 nitrogen and oxygen atoms in total. The zero-order valence-corrected chi connectivity index (χ0v) is 17.4. The first-order chi connectivity index (χ1) is 14.7. The lowest BCUT2D eigenvalue weighted by Gasteiger charge is -2.18. The number of anilines is 1. The Morgan fingerprint density at radius 2 is 1.84 bits per heavy atom. The Kier molecular flexibility index (Phi) is 6.37. The molecule has 1 aromatic heterocycles. The number of carbonyl (C=O) groups is 2. The highest BCUT2D eigenvalue weighted by Crippen LogP contribution is 2.26. The molecule has 0 aliphatic rings. The molecular formula is C20H19N3O7S. The van der Waals surface area contributed by atoms with Crippen molar-refractivity contribution >= 4 is 27.7 Å². The zero-order chi connectivity index (χ0) is 22.6. The molecule has 0 aliphatic carbocycles. The fourth-order valence-corrected chi connectivity index (χ4v) is 3.44. The summed E-state index contributed by atoms with van der Waals surface area (Å²) < 4.78 is 38.9. The van der Waals surface area contributed by atoms with Gasteiger partial charge in [-0.15, -0.1) is 0 Å². The number of esters is 1. The van der Waals surface area contributed by atoms with E-state index in [1.54, 1.807) is 37.3 Å². The quantitative estimate of drug-likeness (QED) is 0.525. The van der Waals surface area contributed by atoms with Gasteiger partial charge in [-0.05, 0) is 25.1 Å². The first-order valence-electron chi connectivity index (χ1n) is 8.90. The molecule has 3 N–H and O–H groups in total. The van der Waals surface area contributed by atoms with Crippen molar-refractivity contribution in [2.75, 3.05) is 12.4 Å². The molecule has 1 heterocycles. The van der Waals surface area contributed by atoms with Gasteiger partial charge in [0.25, 0.3) is 5.91 Å². The number of methoxy groups -OCH3 is 1. The van der Waals surface area contributed by atoms with Crippen LogP contribution in [0.5, 0.6) is 5.75 Å². The molecular weight excluding hydrogens is 426 g/mol. The van der Waals surface area contributed by atoms with Crippen molar-refractivity contribution in [2.45, 2.75) is 17.9 Å². The number of sulfonamides is 1. The van der Waals surface area contributed by atoms with Crippen molar-refractivity contribution in [2.24, 2.45) is 5.14 Å². The van der Waals surface area contributed by atoms with E-state index in [1.165, 1.54) is 25.3 Å². The number of hydrogen-bond donors (Lipinski definition) is 2. The van der Waals surface area contributed by atoms with E-state index < -0.39 is 28.0 Å². The Balaban J connectivity index is 1.91. The lowest BCUT2D eigenvalue weighted by Crippen LogP contribution is -2.26. The molecule has 3 rings (SSSR count). The number of primary sulfonamides is 1. The molecule has 1 amide bonds. The van der Waals surface area contributed by atoms with Crippen LogP contribution in [0.3, 0.4) is 0 Å². The van der Waals surface area contributed by atoms with Gasteiger partial charge in [-0.3, -0.25) is 4.79 Å². The van der Waals surface area contributed by atoms with Crippen molar-refractivity contribution < 1.29 is 32.0 Å². The lowest BCUT2D eigenvalue weighted by molar-refractivity contribution is -0.125. The van der Waals surface area contributed by atoms with Crippen LogP contribution in [0.4, 0.5) is 5.82 Å². The Morgan fingerprint density at radius 1 is 1.13 bits per heavy atom. The first-order valence-corrected chi connectivity index (χ1v) is 10.4. The minimum atomic E-state index is -4.17. The Morgan fingerprint density at radius 3 is 2.42 bits per heavy atom. The van der Waals surface area contributed by atoms with E-state index >= 15 is 0 Å². The van der Waals surface area contributed by atoms with Crippen LogP contribution in [0.1, 0.15) is 27.8 Å². The van der Waals surface area contributed by atoms with Gasteiger partial charge in [0.15, 0.2) is 5.82 Å². The summed E-state index contributed by atoms with van der Waals surface area (Å²) in [4.78, 5) is 25.2. The number of hydrogen-bond acceptors (Lipinski definition) is 8. The highest BCUT2D eigenvalue weighted by atomic mass is 32.2. The number of amides is 1. The maximum absolute atomic E-state index is 12.8. The summed E-state index contributed by atoms with van der Waals surface area (Å²) in [5, 5.41) is 11.4. The van der Waals surface area contributed by atoms with Gasteiger partial charge in [0.1, 0.15) is 16.4 Å². The highest BCUT2D eigenvalue weighted by Gasteiger charge is 2.27. The highest BCUT2D eigenvalue weighted by molar-refractivity contribution is 7.89. The lowest BCUT2D eigenvalue weighted by atomic mass is 10.1. The van der Waals surface area contributed by atoms with E-state index in [0.29, 0.717) is 11.3 Å². The molecule has 31 heavy (non-hydrogen) atoms. The van der Waals surface area contributed by atoms with E-state index in [9.17, 15) is 18.0 Å². The number of ether oxygens (including phenoxy) is 2. The van der Waals surface area contributed by atoms with Crippen LogP contribution >= 0.6 is 0 Å². The fourth-order valence-electron chi connectivity index (χ4n) is 2.72. The average molecular weight is 445 g/mol. The van der Waals surface area contributed by atoms with E-state index in [4.69, 9.17) is 19.1 Å². The number of benzene rings is 2. The normalized spacial score (nSPS) is 12.1. The summed E-state index contributed by atoms with van der Waals surface area (Å²) >= 11 is 0. The van der Waals surface area contributed by atoms with Crippen LogP contribution in [-0.2, 0) is 19.6 Å². The molecule has 0 fully saturated rings. The number of nitrogens with zero attached hydrogens (tertiary/aromatic N) is 1. The number of aromatic nitrogens is 1. The summed E-state index contributed by atoms with van der Waals surface area (Å²) in [5.41, 5.74) is 0.268. The minimum Gasteiger partial charge on any atom is -0.495 e. The molecule has 162 valence electrons. The van der Waals surface area contributed by atoms with Crippen LogP contribution in [0.25, 0.3) is 0 Å². The van der Waals surface area contributed by atoms with Gasteiger partial charge >= 0.3 is 5.97 Å². The monoisotopic (exact) mass is 445 g/mol. The molecule has 0 aliphatic heterocycles. The molecule has 0 saturated heterocycles. The average Bonchev–Trinajstić information content (AvgIpc) is 3.15. The molecule has 0 saturated carbocycles. The third kappa shape index (κ3) is 5.27. The van der Waals surface area contributed by atoms with Gasteiger partial charge in [-0.2, -0.15) is 0 Å². The summed E-state index contributed by atoms with van der Waals surface area (Å²) in [5.74, 6) is -1.00. The summed E-state index contributed by atoms with van der Waals surface area (Å²) in [6.45, 7) is 1.66. The molecule has 11 heteroatoms. The zero-order valence-electron chi connectivity index (χ0n) is 16.6. The topological polar surface area (TPSA) is 151 Å². The third-order valence-electron chi connectivity index (χ3n) is 4.15. The number of rotatable bonds is 7. The second-order valence-corrected chi connectivity index (χ2v) is 7.95. The predicted molar refractivity (Wildman–Crippen MR) is 109 cm³/mol. The SMILES string of the molecule is COc1ccc(C(=O)OC(C(=O)Nc2cc(C)on2)c2ccccc2)cc1S(N)(=O)=O. The van der Waals surface area contributed by atoms with Gasteiger partial charge in [0.2, 0.25) is 16.1 Å². The van der Waals surface area contributed by atoms with E-state index in [2.05, 4.69) is 10.5 Å². The molecule has 1 unspecified atom stereocenters. The number of nitrogens with one attached hydrogen (secondary N) is 1. The van der Waals surface area contributed by atoms with Crippen LogP contribution in [0, 0.1) is 6.92 Å². The smallest absolute Gasteiger partial charge is 0.339 e. The second-order valence-electron chi connectivity index (χ2n) is 6.42. The van der Waals surface area contributed by atoms with Gasteiger partial charge in [0.05, 0.1) is 12.7 Å². The van der Waals surface area contributed by atoms with Crippen LogP contribution in [-0.4, -0.2) is 32.6 Å². The van der Waals surface area contributed by atoms with E-state index in [1.807, 2.05) is 0 Å². The van der Waals surface area contributed by atoms with Gasteiger partial charge in [-0.1, -0.05) is 35.5 Å². The fraction of sp³-hybridized carbons (Fsp3) is 0.150. The minimum absolute atomic E-state index is 0.0298. The van der Waals surface area contributed by atoms with Crippen LogP contribution in [0.2, 0.25) is 0 Å². The molecule has 0 spiro atoms. The third-order valence-corrected chi connectivity index (χ3v) is 5.08. The summed E-state index contributed by atoms with van der Waals surface area (Å²) in [7, 11) is -2.90. The number of nitrogens with two attached hydrogens (primary N) is 1. The van der Waals surface area contributed by atoms with Crippen molar-refractivity contribution in [3.05, 3.63) is 71.5 Å². The molecule has 2 aromatic carbocycles. The number of carbonyl (C=O) groups excluding carboxylic acids is 2. The van der Waals surface area contributed by atoms with E-state index in [-0.39, 0.29) is 22.0 Å². The number of aryl methyl sites for hydroxylation is 1. The molecule has 0 radical (unpaired) electrons. The maximum atomic E-state index is 12.8. The van der Waals surface area contributed by atoms with Gasteiger partial charge in [0, 0.05) is 11.6 Å². The molecule has 1 atom stereocenters. The molecule has 0 bridgehead atoms. The standard InChI is InChI=1S/C20H19N3O7S/c1-12-10-17(23-30-12)22-19(24)18(13-6-4-3-5-7-13)29-20(25)14-8-9-15(28-2)16(11-14)31(21,26)27/h3-11,18H,1-2H3,(H2,21,26,27)(H,22,23,24). The van der Waals surface area contributed by atoms with Crippen molar-refractivity contribution in [3.8, 4) is 5.75 Å². The van der Waals surface area contributed by atoms with Crippen LogP contribution < -0.4 is 15.2 Å². The van der Waals surface area contributed by atoms with Gasteiger partial charge in [-0.25, -0.2) is 18.4 Å². The van der Waals surface area contributed by atoms with Gasteiger partial charge < -0.3 is 19.3 Å². The van der Waals surface area contributed by atoms with E-state index in [0.717, 1.165) is 6.07 Å². The van der Waals surface area contributed by atoms with Crippen molar-refractivity contribution in [1.29, 1.82) is 0 Å². The maximum Gasteiger partial charge on any atom is 0.339 e. The second kappa shape index (κ2) is 8.98.